The summed E-state index contributed by atoms with van der Waals surface area (Å²) in [5.74, 6) is 0. The van der Waals surface area contributed by atoms with Crippen molar-refractivity contribution in [2.75, 3.05) is 0 Å². The van der Waals surface area contributed by atoms with E-state index in [1.54, 1.807) is 6.07 Å². The first-order valence-corrected chi connectivity index (χ1v) is 4.86. The van der Waals surface area contributed by atoms with E-state index in [9.17, 15) is 13.2 Å². The van der Waals surface area contributed by atoms with Crippen LogP contribution in [0, 0.1) is 0 Å². The van der Waals surface area contributed by atoms with E-state index < -0.39 is 12.2 Å². The van der Waals surface area contributed by atoms with Gasteiger partial charge in [-0.3, -0.25) is 0 Å². The first-order valence-electron chi connectivity index (χ1n) is 4.86. The molecule has 1 aromatic rings. The van der Waals surface area contributed by atoms with Crippen molar-refractivity contribution in [2.45, 2.75) is 32.0 Å². The average molecular weight is 217 g/mol. The molecular weight excluding hydrogens is 203 g/mol. The van der Waals surface area contributed by atoms with Gasteiger partial charge in [0.2, 0.25) is 0 Å². The SMILES string of the molecule is CCCc1cccc([C@H](N)C(F)(F)F)c1. The lowest BCUT2D eigenvalue weighted by Crippen LogP contribution is -2.28. The van der Waals surface area contributed by atoms with Crippen LogP contribution in [0.2, 0.25) is 0 Å². The highest BCUT2D eigenvalue weighted by Crippen LogP contribution is 2.30. The van der Waals surface area contributed by atoms with Crippen molar-refractivity contribution in [1.29, 1.82) is 0 Å². The molecule has 0 heterocycles. The van der Waals surface area contributed by atoms with Crippen LogP contribution in [0.5, 0.6) is 0 Å². The van der Waals surface area contributed by atoms with Crippen molar-refractivity contribution in [3.63, 3.8) is 0 Å². The highest BCUT2D eigenvalue weighted by Gasteiger charge is 2.37. The lowest BCUT2D eigenvalue weighted by atomic mass is 10.0. The second-order valence-electron chi connectivity index (χ2n) is 3.51. The molecule has 1 aromatic carbocycles. The zero-order valence-electron chi connectivity index (χ0n) is 8.51. The van der Waals surface area contributed by atoms with Crippen LogP contribution in [0.4, 0.5) is 13.2 Å². The van der Waals surface area contributed by atoms with Gasteiger partial charge in [0, 0.05) is 0 Å². The molecule has 0 aromatic heterocycles. The van der Waals surface area contributed by atoms with E-state index in [-0.39, 0.29) is 5.56 Å². The lowest BCUT2D eigenvalue weighted by molar-refractivity contribution is -0.149. The molecule has 0 unspecified atom stereocenters. The van der Waals surface area contributed by atoms with Gasteiger partial charge in [0.15, 0.2) is 0 Å². The second-order valence-corrected chi connectivity index (χ2v) is 3.51. The fraction of sp³-hybridized carbons (Fsp3) is 0.455. The molecule has 0 aliphatic carbocycles. The Kier molecular flexibility index (Phi) is 3.74. The van der Waals surface area contributed by atoms with Crippen LogP contribution in [-0.4, -0.2) is 6.18 Å². The van der Waals surface area contributed by atoms with Gasteiger partial charge < -0.3 is 5.73 Å². The number of hydrogen-bond acceptors (Lipinski definition) is 1. The predicted molar refractivity (Wildman–Crippen MR) is 53.4 cm³/mol. The molecular formula is C11H14F3N. The van der Waals surface area contributed by atoms with E-state index in [1.807, 2.05) is 13.0 Å². The van der Waals surface area contributed by atoms with Crippen LogP contribution >= 0.6 is 0 Å². The number of aryl methyl sites for hydroxylation is 1. The van der Waals surface area contributed by atoms with Crippen LogP contribution in [0.3, 0.4) is 0 Å². The van der Waals surface area contributed by atoms with Gasteiger partial charge in [0.05, 0.1) is 0 Å². The minimum Gasteiger partial charge on any atom is -0.316 e. The van der Waals surface area contributed by atoms with E-state index >= 15 is 0 Å². The Bertz CT molecular complexity index is 320. The molecule has 0 radical (unpaired) electrons. The van der Waals surface area contributed by atoms with Crippen LogP contribution in [-0.2, 0) is 6.42 Å². The van der Waals surface area contributed by atoms with Crippen LogP contribution in [0.25, 0.3) is 0 Å². The maximum absolute atomic E-state index is 12.3. The summed E-state index contributed by atoms with van der Waals surface area (Å²) in [5, 5.41) is 0. The minimum absolute atomic E-state index is 0.133. The molecule has 0 amide bonds. The van der Waals surface area contributed by atoms with Gasteiger partial charge in [0.25, 0.3) is 0 Å². The van der Waals surface area contributed by atoms with Gasteiger partial charge in [-0.15, -0.1) is 0 Å². The quantitative estimate of drug-likeness (QED) is 0.826. The third kappa shape index (κ3) is 3.23. The van der Waals surface area contributed by atoms with E-state index in [1.165, 1.54) is 12.1 Å². The van der Waals surface area contributed by atoms with E-state index in [4.69, 9.17) is 5.73 Å². The molecule has 0 spiro atoms. The Morgan fingerprint density at radius 3 is 2.53 bits per heavy atom. The minimum atomic E-state index is -4.37. The summed E-state index contributed by atoms with van der Waals surface area (Å²) in [6, 6.07) is 4.50. The van der Waals surface area contributed by atoms with Crippen molar-refractivity contribution in [1.82, 2.24) is 0 Å². The highest BCUT2D eigenvalue weighted by molar-refractivity contribution is 5.26. The molecule has 0 saturated heterocycles. The summed E-state index contributed by atoms with van der Waals surface area (Å²) < 4.78 is 37.0. The van der Waals surface area contributed by atoms with Crippen LogP contribution in [0.15, 0.2) is 24.3 Å². The standard InChI is InChI=1S/C11H14F3N/c1-2-4-8-5-3-6-9(7-8)10(15)11(12,13)14/h3,5-7,10H,2,4,15H2,1H3/t10-/m0/s1. The van der Waals surface area contributed by atoms with Gasteiger partial charge in [-0.2, -0.15) is 13.2 Å². The Morgan fingerprint density at radius 1 is 1.33 bits per heavy atom. The van der Waals surface area contributed by atoms with Gasteiger partial charge in [-0.25, -0.2) is 0 Å². The Balaban J connectivity index is 2.90. The normalized spacial score (nSPS) is 13.9. The van der Waals surface area contributed by atoms with Gasteiger partial charge in [0.1, 0.15) is 6.04 Å². The summed E-state index contributed by atoms with van der Waals surface area (Å²) in [4.78, 5) is 0. The predicted octanol–water partition coefficient (Wildman–Crippen LogP) is 3.20. The van der Waals surface area contributed by atoms with Gasteiger partial charge in [-0.1, -0.05) is 37.6 Å². The molecule has 84 valence electrons. The molecule has 0 bridgehead atoms. The van der Waals surface area contributed by atoms with Crippen molar-refractivity contribution in [2.24, 2.45) is 5.73 Å². The zero-order valence-corrected chi connectivity index (χ0v) is 8.51. The maximum atomic E-state index is 12.3. The van der Waals surface area contributed by atoms with E-state index in [0.717, 1.165) is 18.4 Å². The third-order valence-electron chi connectivity index (χ3n) is 2.20. The maximum Gasteiger partial charge on any atom is 0.407 e. The fourth-order valence-electron chi connectivity index (χ4n) is 1.42. The smallest absolute Gasteiger partial charge is 0.316 e. The second kappa shape index (κ2) is 4.66. The molecule has 2 N–H and O–H groups in total. The Labute approximate surface area is 87.1 Å². The molecule has 0 aliphatic rings. The molecule has 0 aliphatic heterocycles. The summed E-state index contributed by atoms with van der Waals surface area (Å²) in [7, 11) is 0. The molecule has 1 atom stereocenters. The summed E-state index contributed by atoms with van der Waals surface area (Å²) >= 11 is 0. The molecule has 1 nitrogen and oxygen atoms in total. The van der Waals surface area contributed by atoms with Crippen molar-refractivity contribution < 1.29 is 13.2 Å². The molecule has 0 fully saturated rings. The zero-order chi connectivity index (χ0) is 11.5. The first kappa shape index (κ1) is 12.0. The largest absolute Gasteiger partial charge is 0.407 e. The summed E-state index contributed by atoms with van der Waals surface area (Å²) in [6.45, 7) is 1.98. The first-order chi connectivity index (χ1) is 6.95. The molecule has 4 heteroatoms. The van der Waals surface area contributed by atoms with Crippen LogP contribution in [0.1, 0.15) is 30.5 Å². The van der Waals surface area contributed by atoms with Crippen LogP contribution < -0.4 is 5.73 Å². The Morgan fingerprint density at radius 2 is 2.00 bits per heavy atom. The topological polar surface area (TPSA) is 26.0 Å². The molecule has 1 rings (SSSR count). The van der Waals surface area contributed by atoms with Gasteiger partial charge >= 0.3 is 6.18 Å². The summed E-state index contributed by atoms with van der Waals surface area (Å²) in [6.07, 6.45) is -2.69. The number of nitrogens with two attached hydrogens (primary N) is 1. The number of benzene rings is 1. The number of rotatable bonds is 3. The van der Waals surface area contributed by atoms with Gasteiger partial charge in [-0.05, 0) is 17.5 Å². The third-order valence-corrected chi connectivity index (χ3v) is 2.20. The Hall–Kier alpha value is -1.03. The van der Waals surface area contributed by atoms with Crippen molar-refractivity contribution in [3.05, 3.63) is 35.4 Å². The number of halogens is 3. The monoisotopic (exact) mass is 217 g/mol. The van der Waals surface area contributed by atoms with E-state index in [0.29, 0.717) is 0 Å². The van der Waals surface area contributed by atoms with Crippen molar-refractivity contribution >= 4 is 0 Å². The lowest BCUT2D eigenvalue weighted by Gasteiger charge is -2.16. The highest BCUT2D eigenvalue weighted by atomic mass is 19.4. The van der Waals surface area contributed by atoms with E-state index in [2.05, 4.69) is 0 Å². The van der Waals surface area contributed by atoms with Crippen molar-refractivity contribution in [3.8, 4) is 0 Å². The fourth-order valence-corrected chi connectivity index (χ4v) is 1.42. The summed E-state index contributed by atoms with van der Waals surface area (Å²) in [5.41, 5.74) is 6.14. The average Bonchev–Trinajstić information content (AvgIpc) is 2.16. The number of hydrogen-bond donors (Lipinski definition) is 1. The number of alkyl halides is 3. The molecule has 15 heavy (non-hydrogen) atoms. The molecule has 0 saturated carbocycles.